The second kappa shape index (κ2) is 8.33. The van der Waals surface area contributed by atoms with Crippen molar-refractivity contribution in [3.8, 4) is 11.5 Å². The molecule has 1 aliphatic carbocycles. The molecule has 2 heterocycles. The monoisotopic (exact) mass is 481 g/mol. The number of aromatic amines is 1. The first-order valence-electron chi connectivity index (χ1n) is 12.4. The first-order valence-corrected chi connectivity index (χ1v) is 12.4. The van der Waals surface area contributed by atoms with E-state index in [9.17, 15) is 4.79 Å². The molecule has 3 aromatic carbocycles. The van der Waals surface area contributed by atoms with Gasteiger partial charge < -0.3 is 24.7 Å². The highest BCUT2D eigenvalue weighted by Crippen LogP contribution is 2.58. The fraction of sp³-hybridized carbons (Fsp3) is 0.300. The number of nitrogens with one attached hydrogen (secondary N) is 2. The molecular formula is C30H31N3O3. The Hall–Kier alpha value is -3.93. The largest absolute Gasteiger partial charge is 0.497 e. The van der Waals surface area contributed by atoms with E-state index in [2.05, 4.69) is 40.6 Å². The number of methoxy groups -OCH3 is 2. The van der Waals surface area contributed by atoms with Gasteiger partial charge in [-0.05, 0) is 79.8 Å². The minimum absolute atomic E-state index is 0.0304. The molecule has 6 rings (SSSR count). The molecule has 2 amide bonds. The third-order valence-corrected chi connectivity index (χ3v) is 7.64. The molecule has 0 radical (unpaired) electrons. The Labute approximate surface area is 211 Å². The average molecular weight is 482 g/mol. The van der Waals surface area contributed by atoms with Gasteiger partial charge in [-0.2, -0.15) is 0 Å². The highest BCUT2D eigenvalue weighted by molar-refractivity contribution is 5.93. The summed E-state index contributed by atoms with van der Waals surface area (Å²) in [7, 11) is 3.33. The van der Waals surface area contributed by atoms with Gasteiger partial charge in [0.1, 0.15) is 17.5 Å². The number of aryl methyl sites for hydroxylation is 2. The van der Waals surface area contributed by atoms with Crippen LogP contribution >= 0.6 is 0 Å². The van der Waals surface area contributed by atoms with Crippen LogP contribution in [0.5, 0.6) is 11.5 Å². The second-order valence-electron chi connectivity index (χ2n) is 10.2. The number of aromatic nitrogens is 1. The molecule has 0 bridgehead atoms. The lowest BCUT2D eigenvalue weighted by Gasteiger charge is -2.41. The Morgan fingerprint density at radius 2 is 1.75 bits per heavy atom. The Morgan fingerprint density at radius 1 is 1.00 bits per heavy atom. The number of urea groups is 1. The summed E-state index contributed by atoms with van der Waals surface area (Å²) in [6, 6.07) is 19.9. The molecule has 1 spiro atoms. The number of ether oxygens (including phenoxy) is 2. The van der Waals surface area contributed by atoms with Gasteiger partial charge in [0.05, 0.1) is 14.2 Å². The van der Waals surface area contributed by atoms with Crippen molar-refractivity contribution >= 4 is 22.6 Å². The number of para-hydroxylation sites is 1. The van der Waals surface area contributed by atoms with Crippen LogP contribution < -0.4 is 14.8 Å². The van der Waals surface area contributed by atoms with E-state index in [0.717, 1.165) is 57.9 Å². The lowest BCUT2D eigenvalue weighted by atomic mass is 9.83. The van der Waals surface area contributed by atoms with Gasteiger partial charge in [-0.15, -0.1) is 0 Å². The molecule has 184 valence electrons. The summed E-state index contributed by atoms with van der Waals surface area (Å²) in [6.45, 7) is 4.73. The first kappa shape index (κ1) is 22.5. The summed E-state index contributed by atoms with van der Waals surface area (Å²) in [5.41, 5.74) is 7.40. The molecule has 1 unspecified atom stereocenters. The quantitative estimate of drug-likeness (QED) is 0.351. The number of benzene rings is 3. The normalized spacial score (nSPS) is 17.7. The van der Waals surface area contributed by atoms with Crippen molar-refractivity contribution in [3.05, 3.63) is 88.6 Å². The molecule has 1 aromatic heterocycles. The number of rotatable bonds is 4. The van der Waals surface area contributed by atoms with Crippen LogP contribution in [-0.2, 0) is 5.41 Å². The number of fused-ring (bicyclic) bond motifs is 4. The molecular weight excluding hydrogens is 450 g/mol. The standard InChI is InChI=1S/C30H31N3O3/c1-18-13-19(2)15-20(14-18)31-29(34)33-17-30(11-12-30)26-22-7-5-6-8-24(22)32-27(26)28(33)23-16-21(35-3)9-10-25(23)36-4/h5-10,13-16,28,32H,11-12,17H2,1-4H3,(H,31,34). The predicted molar refractivity (Wildman–Crippen MR) is 142 cm³/mol. The van der Waals surface area contributed by atoms with Crippen molar-refractivity contribution < 1.29 is 14.3 Å². The molecule has 0 saturated heterocycles. The number of anilines is 1. The average Bonchev–Trinajstić information content (AvgIpc) is 3.51. The van der Waals surface area contributed by atoms with Gasteiger partial charge in [0.25, 0.3) is 0 Å². The van der Waals surface area contributed by atoms with Crippen LogP contribution in [0.1, 0.15) is 46.8 Å². The Bertz CT molecular complexity index is 1460. The van der Waals surface area contributed by atoms with Gasteiger partial charge in [-0.1, -0.05) is 24.3 Å². The van der Waals surface area contributed by atoms with Crippen molar-refractivity contribution in [2.24, 2.45) is 0 Å². The molecule has 2 aliphatic rings. The van der Waals surface area contributed by atoms with Crippen LogP contribution in [0.25, 0.3) is 10.9 Å². The lowest BCUT2D eigenvalue weighted by molar-refractivity contribution is 0.180. The van der Waals surface area contributed by atoms with E-state index in [0.29, 0.717) is 6.54 Å². The summed E-state index contributed by atoms with van der Waals surface area (Å²) in [5.74, 6) is 1.45. The van der Waals surface area contributed by atoms with E-state index in [4.69, 9.17) is 9.47 Å². The van der Waals surface area contributed by atoms with Gasteiger partial charge in [-0.3, -0.25) is 0 Å². The van der Waals surface area contributed by atoms with E-state index < -0.39 is 0 Å². The third-order valence-electron chi connectivity index (χ3n) is 7.64. The van der Waals surface area contributed by atoms with Gasteiger partial charge in [0.15, 0.2) is 0 Å². The molecule has 4 aromatic rings. The van der Waals surface area contributed by atoms with Crippen LogP contribution in [0.3, 0.4) is 0 Å². The Balaban J connectivity index is 1.53. The maximum Gasteiger partial charge on any atom is 0.322 e. The summed E-state index contributed by atoms with van der Waals surface area (Å²) in [6.07, 6.45) is 2.13. The molecule has 1 fully saturated rings. The molecule has 2 N–H and O–H groups in total. The minimum Gasteiger partial charge on any atom is -0.497 e. The first-order chi connectivity index (χ1) is 17.4. The molecule has 1 aliphatic heterocycles. The highest BCUT2D eigenvalue weighted by atomic mass is 16.5. The number of H-pyrrole nitrogens is 1. The summed E-state index contributed by atoms with van der Waals surface area (Å²) >= 11 is 0. The van der Waals surface area contributed by atoms with Crippen molar-refractivity contribution in [1.29, 1.82) is 0 Å². The van der Waals surface area contributed by atoms with Crippen molar-refractivity contribution in [1.82, 2.24) is 9.88 Å². The highest BCUT2D eigenvalue weighted by Gasteiger charge is 2.55. The Kier molecular flexibility index (Phi) is 5.21. The SMILES string of the molecule is COc1ccc(OC)c(C2c3[nH]c4ccccc4c3C3(CC3)CN2C(=O)Nc2cc(C)cc(C)c2)c1. The van der Waals surface area contributed by atoms with Gasteiger partial charge in [0.2, 0.25) is 0 Å². The maximum atomic E-state index is 14.0. The number of hydrogen-bond acceptors (Lipinski definition) is 3. The van der Waals surface area contributed by atoms with Crippen molar-refractivity contribution in [2.75, 3.05) is 26.1 Å². The number of nitrogens with zero attached hydrogens (tertiary/aromatic N) is 1. The van der Waals surface area contributed by atoms with E-state index in [-0.39, 0.29) is 17.5 Å². The van der Waals surface area contributed by atoms with Crippen molar-refractivity contribution in [2.45, 2.75) is 38.1 Å². The van der Waals surface area contributed by atoms with Gasteiger partial charge >= 0.3 is 6.03 Å². The minimum atomic E-state index is -0.352. The second-order valence-corrected chi connectivity index (χ2v) is 10.2. The van der Waals surface area contributed by atoms with E-state index >= 15 is 0 Å². The summed E-state index contributed by atoms with van der Waals surface area (Å²) < 4.78 is 11.4. The number of carbonyl (C=O) groups excluding carboxylic acids is 1. The molecule has 6 heteroatoms. The zero-order valence-corrected chi connectivity index (χ0v) is 21.1. The van der Waals surface area contributed by atoms with Crippen LogP contribution in [0.4, 0.5) is 10.5 Å². The predicted octanol–water partition coefficient (Wildman–Crippen LogP) is 6.47. The molecule has 1 atom stereocenters. The van der Waals surface area contributed by atoms with Gasteiger partial charge in [-0.25, -0.2) is 4.79 Å². The lowest BCUT2D eigenvalue weighted by Crippen LogP contribution is -2.47. The molecule has 1 saturated carbocycles. The third kappa shape index (κ3) is 3.60. The smallest absolute Gasteiger partial charge is 0.322 e. The van der Waals surface area contributed by atoms with Crippen LogP contribution in [0.15, 0.2) is 60.7 Å². The van der Waals surface area contributed by atoms with Crippen LogP contribution in [-0.4, -0.2) is 36.7 Å². The number of hydrogen-bond donors (Lipinski definition) is 2. The van der Waals surface area contributed by atoms with Crippen molar-refractivity contribution in [3.63, 3.8) is 0 Å². The molecule has 6 nitrogen and oxygen atoms in total. The zero-order chi connectivity index (χ0) is 25.0. The topological polar surface area (TPSA) is 66.6 Å². The fourth-order valence-corrected chi connectivity index (χ4v) is 5.96. The van der Waals surface area contributed by atoms with E-state index in [1.165, 1.54) is 10.9 Å². The molecule has 36 heavy (non-hydrogen) atoms. The van der Waals surface area contributed by atoms with E-state index in [1.807, 2.05) is 49.1 Å². The van der Waals surface area contributed by atoms with Crippen LogP contribution in [0, 0.1) is 13.8 Å². The van der Waals surface area contributed by atoms with Crippen LogP contribution in [0.2, 0.25) is 0 Å². The number of carbonyl (C=O) groups is 1. The summed E-state index contributed by atoms with van der Waals surface area (Å²) in [4.78, 5) is 19.7. The zero-order valence-electron chi connectivity index (χ0n) is 21.1. The Morgan fingerprint density at radius 3 is 2.44 bits per heavy atom. The van der Waals surface area contributed by atoms with E-state index in [1.54, 1.807) is 14.2 Å². The fourth-order valence-electron chi connectivity index (χ4n) is 5.96. The summed E-state index contributed by atoms with van der Waals surface area (Å²) in [5, 5.41) is 4.43. The number of amides is 2. The maximum absolute atomic E-state index is 14.0. The van der Waals surface area contributed by atoms with Gasteiger partial charge in [0, 0.05) is 39.8 Å².